The fourth-order valence-corrected chi connectivity index (χ4v) is 1.75. The summed E-state index contributed by atoms with van der Waals surface area (Å²) in [7, 11) is 5.76. The quantitative estimate of drug-likeness (QED) is 0.729. The van der Waals surface area contributed by atoms with Gasteiger partial charge in [0.15, 0.2) is 0 Å². The lowest BCUT2D eigenvalue weighted by molar-refractivity contribution is -0.0335. The average molecular weight is 231 g/mol. The van der Waals surface area contributed by atoms with E-state index in [-0.39, 0.29) is 17.2 Å². The zero-order valence-electron chi connectivity index (χ0n) is 12.0. The summed E-state index contributed by atoms with van der Waals surface area (Å²) in [4.78, 5) is 2.11. The van der Waals surface area contributed by atoms with Gasteiger partial charge in [0.25, 0.3) is 0 Å². The minimum atomic E-state index is -0.318. The normalized spacial score (nSPS) is 18.6. The highest BCUT2D eigenvalue weighted by Gasteiger charge is 2.34. The summed E-state index contributed by atoms with van der Waals surface area (Å²) >= 11 is 0. The summed E-state index contributed by atoms with van der Waals surface area (Å²) in [6.45, 7) is 8.33. The van der Waals surface area contributed by atoms with Gasteiger partial charge in [-0.1, -0.05) is 6.92 Å². The van der Waals surface area contributed by atoms with Crippen molar-refractivity contribution in [2.45, 2.75) is 64.2 Å². The highest BCUT2D eigenvalue weighted by Crippen LogP contribution is 2.26. The monoisotopic (exact) mass is 231 g/mol. The van der Waals surface area contributed by atoms with Crippen molar-refractivity contribution in [1.82, 2.24) is 4.90 Å². The Balaban J connectivity index is 4.39. The molecule has 2 atom stereocenters. The zero-order chi connectivity index (χ0) is 13.0. The molecule has 0 aromatic rings. The molecule has 0 rings (SSSR count). The van der Waals surface area contributed by atoms with Crippen molar-refractivity contribution < 1.29 is 9.84 Å². The van der Waals surface area contributed by atoms with E-state index in [0.29, 0.717) is 0 Å². The molecule has 0 aliphatic heterocycles. The van der Waals surface area contributed by atoms with Gasteiger partial charge in [0.2, 0.25) is 0 Å². The molecule has 0 amide bonds. The Bertz CT molecular complexity index is 204. The first-order chi connectivity index (χ1) is 7.19. The van der Waals surface area contributed by atoms with E-state index in [0.717, 1.165) is 19.3 Å². The van der Waals surface area contributed by atoms with Crippen molar-refractivity contribution in [3.63, 3.8) is 0 Å². The number of methoxy groups -OCH3 is 1. The summed E-state index contributed by atoms with van der Waals surface area (Å²) in [5.41, 5.74) is -0.300. The number of aliphatic hydroxyl groups is 1. The number of ether oxygens (including phenoxy) is 1. The molecule has 0 aliphatic carbocycles. The van der Waals surface area contributed by atoms with E-state index in [1.807, 2.05) is 14.1 Å². The predicted octanol–water partition coefficient (Wildman–Crippen LogP) is 2.28. The molecule has 1 N–H and O–H groups in total. The second kappa shape index (κ2) is 5.99. The fourth-order valence-electron chi connectivity index (χ4n) is 1.75. The van der Waals surface area contributed by atoms with E-state index >= 15 is 0 Å². The van der Waals surface area contributed by atoms with Crippen LogP contribution in [-0.2, 0) is 4.74 Å². The molecular formula is C13H29NO2. The second-order valence-corrected chi connectivity index (χ2v) is 5.62. The van der Waals surface area contributed by atoms with Crippen LogP contribution < -0.4 is 0 Å². The molecular weight excluding hydrogens is 202 g/mol. The van der Waals surface area contributed by atoms with Crippen LogP contribution in [0.2, 0.25) is 0 Å². The maximum Gasteiger partial charge on any atom is 0.0721 e. The van der Waals surface area contributed by atoms with Crippen LogP contribution in [0.4, 0.5) is 0 Å². The van der Waals surface area contributed by atoms with Gasteiger partial charge in [0.1, 0.15) is 0 Å². The molecule has 0 saturated carbocycles. The van der Waals surface area contributed by atoms with Crippen molar-refractivity contribution in [2.24, 2.45) is 0 Å². The van der Waals surface area contributed by atoms with Crippen molar-refractivity contribution in [3.8, 4) is 0 Å². The Morgan fingerprint density at radius 2 is 1.75 bits per heavy atom. The Morgan fingerprint density at radius 3 is 2.06 bits per heavy atom. The van der Waals surface area contributed by atoms with Gasteiger partial charge < -0.3 is 14.7 Å². The SMILES string of the molecule is CCC(C)(C(O)CCC(C)(C)OC)N(C)C. The molecule has 3 heteroatoms. The predicted molar refractivity (Wildman–Crippen MR) is 68.7 cm³/mol. The van der Waals surface area contributed by atoms with Crippen molar-refractivity contribution in [3.05, 3.63) is 0 Å². The van der Waals surface area contributed by atoms with E-state index < -0.39 is 0 Å². The molecule has 0 aromatic heterocycles. The minimum Gasteiger partial charge on any atom is -0.391 e. The smallest absolute Gasteiger partial charge is 0.0721 e. The van der Waals surface area contributed by atoms with Gasteiger partial charge in [-0.15, -0.1) is 0 Å². The summed E-state index contributed by atoms with van der Waals surface area (Å²) in [6.07, 6.45) is 2.26. The lowest BCUT2D eigenvalue weighted by atomic mass is 9.85. The van der Waals surface area contributed by atoms with Crippen molar-refractivity contribution in [1.29, 1.82) is 0 Å². The van der Waals surface area contributed by atoms with Crippen molar-refractivity contribution >= 4 is 0 Å². The third-order valence-corrected chi connectivity index (χ3v) is 4.03. The molecule has 16 heavy (non-hydrogen) atoms. The maximum atomic E-state index is 10.3. The van der Waals surface area contributed by atoms with Gasteiger partial charge in [-0.05, 0) is 54.1 Å². The van der Waals surface area contributed by atoms with Crippen LogP contribution in [0.1, 0.15) is 47.0 Å². The van der Waals surface area contributed by atoms with E-state index in [4.69, 9.17) is 4.74 Å². The largest absolute Gasteiger partial charge is 0.391 e. The van der Waals surface area contributed by atoms with Gasteiger partial charge in [-0.3, -0.25) is 0 Å². The molecule has 3 nitrogen and oxygen atoms in total. The molecule has 0 aromatic carbocycles. The van der Waals surface area contributed by atoms with Gasteiger partial charge >= 0.3 is 0 Å². The van der Waals surface area contributed by atoms with Crippen LogP contribution in [-0.4, -0.2) is 48.5 Å². The van der Waals surface area contributed by atoms with E-state index in [1.54, 1.807) is 7.11 Å². The lowest BCUT2D eigenvalue weighted by Gasteiger charge is -2.40. The first-order valence-corrected chi connectivity index (χ1v) is 6.10. The van der Waals surface area contributed by atoms with Crippen molar-refractivity contribution in [2.75, 3.05) is 21.2 Å². The maximum absolute atomic E-state index is 10.3. The third kappa shape index (κ3) is 4.04. The Hall–Kier alpha value is -0.120. The minimum absolute atomic E-state index is 0.149. The summed E-state index contributed by atoms with van der Waals surface area (Å²) in [6, 6.07) is 0. The average Bonchev–Trinajstić information content (AvgIpc) is 2.24. The van der Waals surface area contributed by atoms with Gasteiger partial charge in [-0.25, -0.2) is 0 Å². The molecule has 0 saturated heterocycles. The number of hydrogen-bond donors (Lipinski definition) is 1. The van der Waals surface area contributed by atoms with Crippen LogP contribution in [0.3, 0.4) is 0 Å². The third-order valence-electron chi connectivity index (χ3n) is 4.03. The molecule has 2 unspecified atom stereocenters. The highest BCUT2D eigenvalue weighted by molar-refractivity contribution is 4.90. The van der Waals surface area contributed by atoms with Gasteiger partial charge in [-0.2, -0.15) is 0 Å². The fraction of sp³-hybridized carbons (Fsp3) is 1.00. The number of likely N-dealkylation sites (N-methyl/N-ethyl adjacent to an activating group) is 1. The Morgan fingerprint density at radius 1 is 1.25 bits per heavy atom. The van der Waals surface area contributed by atoms with E-state index in [2.05, 4.69) is 32.6 Å². The molecule has 0 spiro atoms. The number of hydrogen-bond acceptors (Lipinski definition) is 3. The van der Waals surface area contributed by atoms with Gasteiger partial charge in [0.05, 0.1) is 11.7 Å². The second-order valence-electron chi connectivity index (χ2n) is 5.62. The van der Waals surface area contributed by atoms with Crippen LogP contribution in [0.5, 0.6) is 0 Å². The molecule has 98 valence electrons. The molecule has 0 fully saturated rings. The molecule has 0 radical (unpaired) electrons. The molecule has 0 bridgehead atoms. The number of rotatable bonds is 7. The summed E-state index contributed by atoms with van der Waals surface area (Å²) in [5.74, 6) is 0. The van der Waals surface area contributed by atoms with E-state index in [1.165, 1.54) is 0 Å². The topological polar surface area (TPSA) is 32.7 Å². The lowest BCUT2D eigenvalue weighted by Crippen LogP contribution is -2.51. The number of aliphatic hydroxyl groups excluding tert-OH is 1. The zero-order valence-corrected chi connectivity index (χ0v) is 12.0. The van der Waals surface area contributed by atoms with Crippen LogP contribution in [0.25, 0.3) is 0 Å². The highest BCUT2D eigenvalue weighted by atomic mass is 16.5. The summed E-state index contributed by atoms with van der Waals surface area (Å²) < 4.78 is 5.37. The standard InChI is InChI=1S/C13H29NO2/c1-8-13(4,14(5)6)11(15)9-10-12(2,3)16-7/h11,15H,8-10H2,1-7H3. The molecule has 0 aliphatic rings. The van der Waals surface area contributed by atoms with E-state index in [9.17, 15) is 5.11 Å². The Kier molecular flexibility index (Phi) is 5.94. The van der Waals surface area contributed by atoms with Crippen LogP contribution >= 0.6 is 0 Å². The first-order valence-electron chi connectivity index (χ1n) is 6.10. The van der Waals surface area contributed by atoms with Gasteiger partial charge in [0, 0.05) is 12.6 Å². The number of nitrogens with zero attached hydrogens (tertiary/aromatic N) is 1. The van der Waals surface area contributed by atoms with Crippen LogP contribution in [0.15, 0.2) is 0 Å². The first kappa shape index (κ1) is 15.9. The van der Waals surface area contributed by atoms with Crippen LogP contribution in [0, 0.1) is 0 Å². The summed E-state index contributed by atoms with van der Waals surface area (Å²) in [5, 5.41) is 10.3. The Labute approximate surface area is 101 Å². The molecule has 0 heterocycles.